The Morgan fingerprint density at radius 2 is 2.11 bits per heavy atom. The lowest BCUT2D eigenvalue weighted by Gasteiger charge is -2.07. The van der Waals surface area contributed by atoms with Gasteiger partial charge in [0, 0.05) is 10.0 Å². The largest absolute Gasteiger partial charge is 0.321 e. The highest BCUT2D eigenvalue weighted by atomic mass is 79.9. The van der Waals surface area contributed by atoms with Gasteiger partial charge in [-0.15, -0.1) is 0 Å². The fourth-order valence-electron chi connectivity index (χ4n) is 1.53. The Balaban J connectivity index is 2.19. The molecule has 0 aliphatic heterocycles. The summed E-state index contributed by atoms with van der Waals surface area (Å²) in [5.74, 6) is -0.818. The van der Waals surface area contributed by atoms with Gasteiger partial charge in [-0.25, -0.2) is 4.98 Å². The average molecular weight is 309 g/mol. The lowest BCUT2D eigenvalue weighted by atomic mass is 10.1. The van der Waals surface area contributed by atoms with Crippen LogP contribution in [0.3, 0.4) is 0 Å². The van der Waals surface area contributed by atoms with Gasteiger partial charge >= 0.3 is 0 Å². The summed E-state index contributed by atoms with van der Waals surface area (Å²) in [6, 6.07) is 8.05. The lowest BCUT2D eigenvalue weighted by Crippen LogP contribution is -2.13. The van der Waals surface area contributed by atoms with Gasteiger partial charge in [0.1, 0.15) is 0 Å². The summed E-state index contributed by atoms with van der Waals surface area (Å²) < 4.78 is 13.5. The van der Waals surface area contributed by atoms with E-state index >= 15 is 0 Å². The van der Waals surface area contributed by atoms with Crippen molar-refractivity contribution in [3.63, 3.8) is 0 Å². The van der Waals surface area contributed by atoms with Crippen LogP contribution in [0.15, 0.2) is 41.0 Å². The predicted molar refractivity (Wildman–Crippen MR) is 71.0 cm³/mol. The molecule has 1 N–H and O–H groups in total. The van der Waals surface area contributed by atoms with E-state index in [2.05, 4.69) is 26.2 Å². The molecule has 2 aromatic rings. The number of hydrogen-bond donors (Lipinski definition) is 1. The average Bonchev–Trinajstić information content (AvgIpc) is 2.32. The minimum absolute atomic E-state index is 0.242. The fraction of sp³-hybridized carbons (Fsp3) is 0.0769. The van der Waals surface area contributed by atoms with Gasteiger partial charge in [-0.05, 0) is 42.8 Å². The number of benzene rings is 1. The third-order valence-corrected chi connectivity index (χ3v) is 2.91. The molecule has 1 aromatic carbocycles. The number of anilines is 1. The highest BCUT2D eigenvalue weighted by molar-refractivity contribution is 9.10. The summed E-state index contributed by atoms with van der Waals surface area (Å²) >= 11 is 3.34. The molecule has 1 aromatic heterocycles. The van der Waals surface area contributed by atoms with Gasteiger partial charge in [-0.1, -0.05) is 15.9 Å². The van der Waals surface area contributed by atoms with E-state index in [-0.39, 0.29) is 5.91 Å². The maximum absolute atomic E-state index is 12.6. The second kappa shape index (κ2) is 5.27. The summed E-state index contributed by atoms with van der Waals surface area (Å²) in [5.41, 5.74) is 1.89. The molecule has 0 radical (unpaired) electrons. The number of nitrogens with zero attached hydrogens (tertiary/aromatic N) is 1. The Morgan fingerprint density at radius 3 is 2.72 bits per heavy atom. The first kappa shape index (κ1) is 12.7. The first-order valence-electron chi connectivity index (χ1n) is 5.25. The van der Waals surface area contributed by atoms with E-state index in [0.717, 1.165) is 10.0 Å². The molecular weight excluding hydrogens is 299 g/mol. The fourth-order valence-corrected chi connectivity index (χ4v) is 2.01. The quantitative estimate of drug-likeness (QED) is 0.862. The van der Waals surface area contributed by atoms with Crippen LogP contribution >= 0.6 is 15.9 Å². The molecule has 18 heavy (non-hydrogen) atoms. The van der Waals surface area contributed by atoms with Gasteiger partial charge in [0.2, 0.25) is 5.95 Å². The number of carbonyl (C=O) groups excluding carboxylic acids is 1. The molecule has 2 rings (SSSR count). The summed E-state index contributed by atoms with van der Waals surface area (Å²) in [5, 5.41) is 2.66. The van der Waals surface area contributed by atoms with Gasteiger partial charge in [0.25, 0.3) is 5.91 Å². The minimum Gasteiger partial charge on any atom is -0.321 e. The molecule has 0 aliphatic carbocycles. The van der Waals surface area contributed by atoms with Gasteiger partial charge in [0.15, 0.2) is 0 Å². The molecule has 0 unspecified atom stereocenters. The number of rotatable bonds is 2. The standard InChI is InChI=1S/C13H10BrFN2O/c1-8-6-9(14)2-4-11(8)13(18)17-10-3-5-12(15)16-7-10/h2-7H,1H3,(H,17,18). The second-order valence-corrected chi connectivity index (χ2v) is 4.70. The van der Waals surface area contributed by atoms with E-state index < -0.39 is 5.95 Å². The Kier molecular flexibility index (Phi) is 3.72. The monoisotopic (exact) mass is 308 g/mol. The van der Waals surface area contributed by atoms with E-state index in [4.69, 9.17) is 0 Å². The smallest absolute Gasteiger partial charge is 0.255 e. The number of aryl methyl sites for hydroxylation is 1. The summed E-state index contributed by atoms with van der Waals surface area (Å²) in [4.78, 5) is 15.5. The highest BCUT2D eigenvalue weighted by Crippen LogP contribution is 2.17. The van der Waals surface area contributed by atoms with Crippen LogP contribution < -0.4 is 5.32 Å². The van der Waals surface area contributed by atoms with Crippen molar-refractivity contribution in [1.29, 1.82) is 0 Å². The number of nitrogens with one attached hydrogen (secondary N) is 1. The third-order valence-electron chi connectivity index (χ3n) is 2.42. The van der Waals surface area contributed by atoms with Gasteiger partial charge < -0.3 is 5.32 Å². The van der Waals surface area contributed by atoms with Gasteiger partial charge in [-0.2, -0.15) is 4.39 Å². The molecule has 92 valence electrons. The number of carbonyl (C=O) groups is 1. The van der Waals surface area contributed by atoms with E-state index in [0.29, 0.717) is 11.3 Å². The summed E-state index contributed by atoms with van der Waals surface area (Å²) in [6.45, 7) is 1.85. The predicted octanol–water partition coefficient (Wildman–Crippen LogP) is 3.54. The highest BCUT2D eigenvalue weighted by Gasteiger charge is 2.09. The molecule has 0 atom stereocenters. The normalized spacial score (nSPS) is 10.2. The van der Waals surface area contributed by atoms with Crippen molar-refractivity contribution in [2.45, 2.75) is 6.92 Å². The topological polar surface area (TPSA) is 42.0 Å². The summed E-state index contributed by atoms with van der Waals surface area (Å²) in [6.07, 6.45) is 1.28. The molecule has 0 saturated carbocycles. The van der Waals surface area contributed by atoms with E-state index in [1.807, 2.05) is 13.0 Å². The minimum atomic E-state index is -0.576. The first-order chi connectivity index (χ1) is 8.56. The number of halogens is 2. The zero-order valence-electron chi connectivity index (χ0n) is 9.58. The molecule has 0 bridgehead atoms. The molecule has 1 amide bonds. The van der Waals surface area contributed by atoms with Gasteiger partial charge in [0.05, 0.1) is 11.9 Å². The Labute approximate surface area is 112 Å². The molecule has 0 spiro atoms. The van der Waals surface area contributed by atoms with Crippen molar-refractivity contribution in [3.8, 4) is 0 Å². The molecular formula is C13H10BrFN2O. The van der Waals surface area contributed by atoms with Crippen LogP contribution in [-0.4, -0.2) is 10.9 Å². The van der Waals surface area contributed by atoms with Crippen molar-refractivity contribution in [1.82, 2.24) is 4.98 Å². The van der Waals surface area contributed by atoms with Gasteiger partial charge in [-0.3, -0.25) is 4.79 Å². The Morgan fingerprint density at radius 1 is 1.33 bits per heavy atom. The SMILES string of the molecule is Cc1cc(Br)ccc1C(=O)Nc1ccc(F)nc1. The Hall–Kier alpha value is -1.75. The van der Waals surface area contributed by atoms with Crippen molar-refractivity contribution in [2.24, 2.45) is 0 Å². The maximum atomic E-state index is 12.6. The molecule has 0 aliphatic rings. The molecule has 0 fully saturated rings. The number of pyridine rings is 1. The van der Waals surface area contributed by atoms with Crippen LogP contribution in [-0.2, 0) is 0 Å². The van der Waals surface area contributed by atoms with E-state index in [9.17, 15) is 9.18 Å². The van der Waals surface area contributed by atoms with Crippen molar-refractivity contribution >= 4 is 27.5 Å². The summed E-state index contributed by atoms with van der Waals surface area (Å²) in [7, 11) is 0. The molecule has 3 nitrogen and oxygen atoms in total. The zero-order valence-corrected chi connectivity index (χ0v) is 11.2. The van der Waals surface area contributed by atoms with Crippen molar-refractivity contribution < 1.29 is 9.18 Å². The molecule has 0 saturated heterocycles. The van der Waals surface area contributed by atoms with Crippen LogP contribution in [0, 0.1) is 12.9 Å². The van der Waals surface area contributed by atoms with Crippen molar-refractivity contribution in [2.75, 3.05) is 5.32 Å². The van der Waals surface area contributed by atoms with Crippen LogP contribution in [0.4, 0.5) is 10.1 Å². The molecule has 5 heteroatoms. The first-order valence-corrected chi connectivity index (χ1v) is 6.04. The van der Waals surface area contributed by atoms with Crippen LogP contribution in [0.5, 0.6) is 0 Å². The number of aromatic nitrogens is 1. The van der Waals surface area contributed by atoms with E-state index in [1.54, 1.807) is 12.1 Å². The maximum Gasteiger partial charge on any atom is 0.255 e. The van der Waals surface area contributed by atoms with E-state index in [1.165, 1.54) is 18.3 Å². The Bertz CT molecular complexity index is 584. The zero-order chi connectivity index (χ0) is 13.1. The number of hydrogen-bond acceptors (Lipinski definition) is 2. The lowest BCUT2D eigenvalue weighted by molar-refractivity contribution is 0.102. The van der Waals surface area contributed by atoms with Crippen molar-refractivity contribution in [3.05, 3.63) is 58.1 Å². The van der Waals surface area contributed by atoms with Crippen LogP contribution in [0.1, 0.15) is 15.9 Å². The van der Waals surface area contributed by atoms with Crippen LogP contribution in [0.2, 0.25) is 0 Å². The number of amides is 1. The third kappa shape index (κ3) is 2.92. The van der Waals surface area contributed by atoms with Crippen LogP contribution in [0.25, 0.3) is 0 Å². The molecule has 1 heterocycles. The second-order valence-electron chi connectivity index (χ2n) is 3.78.